The zero-order chi connectivity index (χ0) is 15.3. The molecule has 2 heterocycles. The first kappa shape index (κ1) is 16.1. The third-order valence-electron chi connectivity index (χ3n) is 4.74. The van der Waals surface area contributed by atoms with Gasteiger partial charge in [0.2, 0.25) is 5.12 Å². The van der Waals surface area contributed by atoms with Gasteiger partial charge in [0.25, 0.3) is 0 Å². The van der Waals surface area contributed by atoms with Crippen molar-refractivity contribution < 1.29 is 4.74 Å². The lowest BCUT2D eigenvalue weighted by Gasteiger charge is -2.44. The molecule has 1 saturated carbocycles. The molecule has 1 saturated heterocycles. The largest absolute Gasteiger partial charge is 0.379 e. The van der Waals surface area contributed by atoms with Crippen LogP contribution in [-0.4, -0.2) is 55.3 Å². The highest BCUT2D eigenvalue weighted by Gasteiger charge is 2.40. The van der Waals surface area contributed by atoms with Gasteiger partial charge < -0.3 is 15.4 Å². The Kier molecular flexibility index (Phi) is 5.66. The molecule has 0 aromatic rings. The molecule has 0 radical (unpaired) electrons. The molecule has 124 valence electrons. The van der Waals surface area contributed by atoms with Crippen molar-refractivity contribution in [1.29, 1.82) is 0 Å². The molecular formula is C16H28N4OS. The number of thioether (sulfide) groups is 1. The molecule has 1 unspecified atom stereocenters. The second-order valence-electron chi connectivity index (χ2n) is 6.26. The Labute approximate surface area is 137 Å². The average molecular weight is 324 g/mol. The zero-order valence-electron chi connectivity index (χ0n) is 13.5. The number of rotatable bonds is 5. The summed E-state index contributed by atoms with van der Waals surface area (Å²) in [5, 5.41) is 6.47. The first-order valence-corrected chi connectivity index (χ1v) is 9.49. The monoisotopic (exact) mass is 324 g/mol. The molecule has 1 atom stereocenters. The number of ether oxygens (including phenoxy) is 1. The maximum atomic E-state index is 5.52. The summed E-state index contributed by atoms with van der Waals surface area (Å²) < 4.78 is 5.52. The van der Waals surface area contributed by atoms with Crippen LogP contribution < -0.4 is 10.6 Å². The fourth-order valence-electron chi connectivity index (χ4n) is 3.39. The minimum Gasteiger partial charge on any atom is -0.379 e. The van der Waals surface area contributed by atoms with E-state index in [1.165, 1.54) is 37.9 Å². The van der Waals surface area contributed by atoms with Crippen molar-refractivity contribution in [2.24, 2.45) is 10.9 Å². The Morgan fingerprint density at radius 3 is 2.86 bits per heavy atom. The number of aliphatic imine (C=N–C) groups is 1. The normalized spacial score (nSPS) is 30.7. The van der Waals surface area contributed by atoms with Crippen molar-refractivity contribution >= 4 is 18.0 Å². The van der Waals surface area contributed by atoms with Crippen LogP contribution in [-0.2, 0) is 4.74 Å². The maximum Gasteiger partial charge on any atom is 0.238 e. The van der Waals surface area contributed by atoms with Crippen LogP contribution in [0.3, 0.4) is 0 Å². The molecule has 2 aliphatic heterocycles. The second-order valence-corrected chi connectivity index (χ2v) is 7.45. The number of hydrogen-bond donors (Lipinski definition) is 2. The van der Waals surface area contributed by atoms with Crippen molar-refractivity contribution in [2.75, 3.05) is 39.1 Å². The first-order valence-electron chi connectivity index (χ1n) is 8.50. The van der Waals surface area contributed by atoms with Gasteiger partial charge in [0, 0.05) is 32.1 Å². The van der Waals surface area contributed by atoms with E-state index in [1.807, 2.05) is 31.1 Å². The number of morpholine rings is 1. The summed E-state index contributed by atoms with van der Waals surface area (Å²) in [6.07, 6.45) is 10.9. The van der Waals surface area contributed by atoms with Gasteiger partial charge >= 0.3 is 0 Å². The zero-order valence-corrected chi connectivity index (χ0v) is 14.3. The average Bonchev–Trinajstić information content (AvgIpc) is 2.62. The molecule has 3 aliphatic rings. The van der Waals surface area contributed by atoms with Crippen LogP contribution in [0.25, 0.3) is 0 Å². The molecule has 0 amide bonds. The van der Waals surface area contributed by atoms with Crippen molar-refractivity contribution in [3.05, 3.63) is 11.9 Å². The van der Waals surface area contributed by atoms with Gasteiger partial charge in [0.05, 0.1) is 13.2 Å². The van der Waals surface area contributed by atoms with Gasteiger partial charge in [-0.1, -0.05) is 31.0 Å². The molecule has 6 heteroatoms. The molecule has 0 spiro atoms. The van der Waals surface area contributed by atoms with Gasteiger partial charge in [0.1, 0.15) is 5.82 Å². The summed E-state index contributed by atoms with van der Waals surface area (Å²) in [5.41, 5.74) is 0. The van der Waals surface area contributed by atoms with E-state index in [-0.39, 0.29) is 5.12 Å². The van der Waals surface area contributed by atoms with E-state index in [1.54, 1.807) is 0 Å². The minimum absolute atomic E-state index is 0.367. The summed E-state index contributed by atoms with van der Waals surface area (Å²) in [4.78, 5) is 7.27. The van der Waals surface area contributed by atoms with E-state index < -0.39 is 0 Å². The van der Waals surface area contributed by atoms with E-state index in [9.17, 15) is 0 Å². The van der Waals surface area contributed by atoms with E-state index >= 15 is 0 Å². The van der Waals surface area contributed by atoms with Gasteiger partial charge in [-0.15, -0.1) is 0 Å². The van der Waals surface area contributed by atoms with E-state index in [2.05, 4.69) is 15.5 Å². The van der Waals surface area contributed by atoms with Crippen molar-refractivity contribution in [2.45, 2.75) is 37.2 Å². The Bertz CT molecular complexity index is 416. The summed E-state index contributed by atoms with van der Waals surface area (Å²) in [6, 6.07) is 0. The number of allylic oxidation sites excluding steroid dienone is 1. The highest BCUT2D eigenvalue weighted by Crippen LogP contribution is 2.36. The van der Waals surface area contributed by atoms with Crippen LogP contribution in [0.5, 0.6) is 0 Å². The summed E-state index contributed by atoms with van der Waals surface area (Å²) >= 11 is 1.96. The molecule has 3 rings (SSSR count). The van der Waals surface area contributed by atoms with Crippen LogP contribution in [0.1, 0.15) is 32.1 Å². The van der Waals surface area contributed by atoms with Gasteiger partial charge in [-0.3, -0.25) is 0 Å². The maximum absolute atomic E-state index is 5.52. The molecule has 22 heavy (non-hydrogen) atoms. The summed E-state index contributed by atoms with van der Waals surface area (Å²) in [7, 11) is 1.95. The SMILES string of the molecule is CNC1=CC=NC(SCC2CCCCC2)(N2CCOCC2)N1. The third kappa shape index (κ3) is 3.78. The van der Waals surface area contributed by atoms with Crippen LogP contribution >= 0.6 is 11.8 Å². The molecule has 1 aliphatic carbocycles. The fourth-order valence-corrected chi connectivity index (χ4v) is 4.87. The molecule has 0 aromatic carbocycles. The number of nitrogens with zero attached hydrogens (tertiary/aromatic N) is 2. The van der Waals surface area contributed by atoms with E-state index in [0.29, 0.717) is 0 Å². The van der Waals surface area contributed by atoms with Gasteiger partial charge in [0.15, 0.2) is 0 Å². The predicted molar refractivity (Wildman–Crippen MR) is 92.9 cm³/mol. The van der Waals surface area contributed by atoms with Gasteiger partial charge in [-0.2, -0.15) is 0 Å². The van der Waals surface area contributed by atoms with Crippen LogP contribution in [0.2, 0.25) is 0 Å². The lowest BCUT2D eigenvalue weighted by atomic mass is 9.91. The first-order chi connectivity index (χ1) is 10.8. The minimum atomic E-state index is -0.367. The van der Waals surface area contributed by atoms with Gasteiger partial charge in [-0.05, 0) is 24.8 Å². The van der Waals surface area contributed by atoms with Crippen LogP contribution in [0, 0.1) is 5.92 Å². The Hall–Kier alpha value is -0.720. The molecule has 0 bridgehead atoms. The predicted octanol–water partition coefficient (Wildman–Crippen LogP) is 1.98. The highest BCUT2D eigenvalue weighted by atomic mass is 32.2. The van der Waals surface area contributed by atoms with Crippen LogP contribution in [0.4, 0.5) is 0 Å². The number of hydrogen-bond acceptors (Lipinski definition) is 6. The molecule has 5 nitrogen and oxygen atoms in total. The van der Waals surface area contributed by atoms with Crippen molar-refractivity contribution in [3.63, 3.8) is 0 Å². The second kappa shape index (κ2) is 7.70. The van der Waals surface area contributed by atoms with Crippen molar-refractivity contribution in [1.82, 2.24) is 15.5 Å². The topological polar surface area (TPSA) is 48.9 Å². The molecular weight excluding hydrogens is 296 g/mol. The fraction of sp³-hybridized carbons (Fsp3) is 0.812. The quantitative estimate of drug-likeness (QED) is 0.810. The number of nitrogens with one attached hydrogen (secondary N) is 2. The lowest BCUT2D eigenvalue weighted by Crippen LogP contribution is -2.60. The van der Waals surface area contributed by atoms with E-state index in [0.717, 1.165) is 38.0 Å². The molecule has 2 fully saturated rings. The van der Waals surface area contributed by atoms with Crippen molar-refractivity contribution in [3.8, 4) is 0 Å². The third-order valence-corrected chi connectivity index (χ3v) is 6.25. The molecule has 0 aromatic heterocycles. The lowest BCUT2D eigenvalue weighted by molar-refractivity contribution is 0.00232. The standard InChI is InChI=1S/C16H28N4OS/c1-17-15-7-8-18-16(19-15,20-9-11-21-12-10-20)22-13-14-5-3-2-4-6-14/h7-8,14,17,19H,2-6,9-13H2,1H3. The Morgan fingerprint density at radius 2 is 2.14 bits per heavy atom. The van der Waals surface area contributed by atoms with Gasteiger partial charge in [-0.25, -0.2) is 9.89 Å². The Morgan fingerprint density at radius 1 is 1.36 bits per heavy atom. The summed E-state index contributed by atoms with van der Waals surface area (Å²) in [6.45, 7) is 3.45. The smallest absolute Gasteiger partial charge is 0.238 e. The van der Waals surface area contributed by atoms with E-state index in [4.69, 9.17) is 9.73 Å². The highest BCUT2D eigenvalue weighted by molar-refractivity contribution is 8.00. The molecule has 2 N–H and O–H groups in total. The summed E-state index contributed by atoms with van der Waals surface area (Å²) in [5.74, 6) is 3.06. The Balaban J connectivity index is 1.68. The van der Waals surface area contributed by atoms with Crippen LogP contribution in [0.15, 0.2) is 16.9 Å².